The van der Waals surface area contributed by atoms with Gasteiger partial charge in [-0.15, -0.1) is 0 Å². The summed E-state index contributed by atoms with van der Waals surface area (Å²) in [4.78, 5) is 14.5. The molecule has 0 aliphatic rings. The number of nitrogens with one attached hydrogen (secondary N) is 1. The molecule has 0 atom stereocenters. The summed E-state index contributed by atoms with van der Waals surface area (Å²) in [6, 6.07) is 9.23. The van der Waals surface area contributed by atoms with Crippen LogP contribution in [0.3, 0.4) is 0 Å². The first kappa shape index (κ1) is 12.1. The average Bonchev–Trinajstić information content (AvgIpc) is 2.36. The number of ether oxygens (including phenoxy) is 1. The highest BCUT2D eigenvalue weighted by molar-refractivity contribution is 5.72. The lowest BCUT2D eigenvalue weighted by Gasteiger charge is -2.09. The van der Waals surface area contributed by atoms with E-state index in [0.29, 0.717) is 12.2 Å². The number of carbonyl (C=O) groups is 1. The number of nitrogens with zero attached hydrogens (tertiary/aromatic N) is 1. The minimum Gasteiger partial charge on any atom is -0.455 e. The molecule has 0 radical (unpaired) electrons. The quantitative estimate of drug-likeness (QED) is 0.838. The van der Waals surface area contributed by atoms with Gasteiger partial charge in [0.2, 0.25) is 6.41 Å². The van der Waals surface area contributed by atoms with Crippen molar-refractivity contribution in [2.45, 2.75) is 13.8 Å². The first-order chi connectivity index (χ1) is 8.69. The number of amides is 1. The molecule has 92 valence electrons. The molecule has 2 rings (SSSR count). The van der Waals surface area contributed by atoms with E-state index in [2.05, 4.69) is 10.3 Å². The van der Waals surface area contributed by atoms with E-state index in [9.17, 15) is 4.79 Å². The Morgan fingerprint density at radius 2 is 2.06 bits per heavy atom. The maximum Gasteiger partial charge on any atom is 0.211 e. The highest BCUT2D eigenvalue weighted by atomic mass is 16.5. The largest absolute Gasteiger partial charge is 0.455 e. The summed E-state index contributed by atoms with van der Waals surface area (Å²) in [5, 5.41) is 2.60. The number of hydrogen-bond donors (Lipinski definition) is 1. The van der Waals surface area contributed by atoms with Gasteiger partial charge in [0.25, 0.3) is 0 Å². The monoisotopic (exact) mass is 242 g/mol. The minimum absolute atomic E-state index is 0.652. The van der Waals surface area contributed by atoms with Gasteiger partial charge in [-0.3, -0.25) is 9.78 Å². The fourth-order valence-corrected chi connectivity index (χ4v) is 1.56. The molecule has 1 N–H and O–H groups in total. The molecule has 0 spiro atoms. The van der Waals surface area contributed by atoms with Crippen LogP contribution in [-0.2, 0) is 4.79 Å². The van der Waals surface area contributed by atoms with Gasteiger partial charge in [-0.05, 0) is 49.7 Å². The number of aromatic nitrogens is 1. The lowest BCUT2D eigenvalue weighted by Crippen LogP contribution is -1.95. The number of hydrogen-bond acceptors (Lipinski definition) is 3. The Balaban J connectivity index is 2.18. The number of carbonyl (C=O) groups excluding carboxylic acids is 1. The van der Waals surface area contributed by atoms with E-state index >= 15 is 0 Å². The summed E-state index contributed by atoms with van der Waals surface area (Å²) in [6.07, 6.45) is 2.34. The topological polar surface area (TPSA) is 51.2 Å². The van der Waals surface area contributed by atoms with Crippen molar-refractivity contribution in [3.05, 3.63) is 47.8 Å². The van der Waals surface area contributed by atoms with Gasteiger partial charge < -0.3 is 10.1 Å². The Hall–Kier alpha value is -2.36. The standard InChI is InChI=1S/C14H14N2O2/c1-10-7-12(16-9-17)4-6-14(10)18-13-5-3-11(2)15-8-13/h3-9H,1-2H3,(H,16,17). The molecule has 0 aliphatic carbocycles. The predicted molar refractivity (Wildman–Crippen MR) is 69.9 cm³/mol. The first-order valence-corrected chi connectivity index (χ1v) is 5.60. The van der Waals surface area contributed by atoms with Gasteiger partial charge in [-0.2, -0.15) is 0 Å². The van der Waals surface area contributed by atoms with Gasteiger partial charge in [-0.1, -0.05) is 0 Å². The van der Waals surface area contributed by atoms with Gasteiger partial charge in [-0.25, -0.2) is 0 Å². The maximum atomic E-state index is 10.3. The predicted octanol–water partition coefficient (Wildman–Crippen LogP) is 3.06. The zero-order valence-electron chi connectivity index (χ0n) is 10.3. The summed E-state index contributed by atoms with van der Waals surface area (Å²) in [5.74, 6) is 1.44. The van der Waals surface area contributed by atoms with Crippen LogP contribution < -0.4 is 10.1 Å². The number of rotatable bonds is 4. The Morgan fingerprint density at radius 3 is 2.67 bits per heavy atom. The SMILES string of the molecule is Cc1ccc(Oc2ccc(NC=O)cc2C)cn1. The second kappa shape index (κ2) is 5.31. The summed E-state index contributed by atoms with van der Waals surface area (Å²) >= 11 is 0. The summed E-state index contributed by atoms with van der Waals surface area (Å²) in [7, 11) is 0. The van der Waals surface area contributed by atoms with Gasteiger partial charge in [0, 0.05) is 11.4 Å². The van der Waals surface area contributed by atoms with Gasteiger partial charge in [0.1, 0.15) is 11.5 Å². The molecule has 1 amide bonds. The molecular weight excluding hydrogens is 228 g/mol. The fraction of sp³-hybridized carbons (Fsp3) is 0.143. The smallest absolute Gasteiger partial charge is 0.211 e. The molecule has 4 heteroatoms. The molecular formula is C14H14N2O2. The second-order valence-corrected chi connectivity index (χ2v) is 3.98. The highest BCUT2D eigenvalue weighted by Crippen LogP contribution is 2.26. The normalized spacial score (nSPS) is 9.89. The molecule has 1 aromatic heterocycles. The van der Waals surface area contributed by atoms with Crippen LogP contribution in [0.1, 0.15) is 11.3 Å². The van der Waals surface area contributed by atoms with Crippen molar-refractivity contribution in [1.29, 1.82) is 0 Å². The van der Waals surface area contributed by atoms with Gasteiger partial charge >= 0.3 is 0 Å². The average molecular weight is 242 g/mol. The van der Waals surface area contributed by atoms with Crippen molar-refractivity contribution in [1.82, 2.24) is 4.98 Å². The van der Waals surface area contributed by atoms with Crippen LogP contribution in [0, 0.1) is 13.8 Å². The molecule has 2 aromatic rings. The van der Waals surface area contributed by atoms with E-state index in [1.807, 2.05) is 38.1 Å². The van der Waals surface area contributed by atoms with Crippen LogP contribution in [0.15, 0.2) is 36.5 Å². The minimum atomic E-state index is 0.652. The number of anilines is 1. The maximum absolute atomic E-state index is 10.3. The Morgan fingerprint density at radius 1 is 1.22 bits per heavy atom. The zero-order chi connectivity index (χ0) is 13.0. The lowest BCUT2D eigenvalue weighted by atomic mass is 10.2. The van der Waals surface area contributed by atoms with E-state index in [4.69, 9.17) is 4.74 Å². The Kier molecular flexibility index (Phi) is 3.57. The molecule has 0 fully saturated rings. The van der Waals surface area contributed by atoms with Crippen molar-refractivity contribution in [2.24, 2.45) is 0 Å². The molecule has 0 saturated heterocycles. The van der Waals surface area contributed by atoms with E-state index < -0.39 is 0 Å². The van der Waals surface area contributed by atoms with Crippen LogP contribution in [0.25, 0.3) is 0 Å². The summed E-state index contributed by atoms with van der Waals surface area (Å²) in [5.41, 5.74) is 2.64. The molecule has 4 nitrogen and oxygen atoms in total. The third-order valence-corrected chi connectivity index (χ3v) is 2.51. The van der Waals surface area contributed by atoms with Crippen LogP contribution >= 0.6 is 0 Å². The molecule has 0 bridgehead atoms. The van der Waals surface area contributed by atoms with E-state index in [1.54, 1.807) is 12.3 Å². The second-order valence-electron chi connectivity index (χ2n) is 3.98. The molecule has 0 aliphatic heterocycles. The van der Waals surface area contributed by atoms with Crippen molar-refractivity contribution in [3.8, 4) is 11.5 Å². The third-order valence-electron chi connectivity index (χ3n) is 2.51. The summed E-state index contributed by atoms with van der Waals surface area (Å²) in [6.45, 7) is 3.85. The number of benzene rings is 1. The molecule has 1 heterocycles. The highest BCUT2D eigenvalue weighted by Gasteiger charge is 2.03. The third kappa shape index (κ3) is 2.85. The van der Waals surface area contributed by atoms with Gasteiger partial charge in [0.15, 0.2) is 0 Å². The Bertz CT molecular complexity index is 550. The van der Waals surface area contributed by atoms with Crippen LogP contribution in [-0.4, -0.2) is 11.4 Å². The molecule has 0 unspecified atom stereocenters. The van der Waals surface area contributed by atoms with Crippen LogP contribution in [0.5, 0.6) is 11.5 Å². The van der Waals surface area contributed by atoms with E-state index in [0.717, 1.165) is 22.7 Å². The molecule has 18 heavy (non-hydrogen) atoms. The van der Waals surface area contributed by atoms with Crippen molar-refractivity contribution in [3.63, 3.8) is 0 Å². The van der Waals surface area contributed by atoms with E-state index in [-0.39, 0.29) is 0 Å². The zero-order valence-corrected chi connectivity index (χ0v) is 10.3. The van der Waals surface area contributed by atoms with Crippen LogP contribution in [0.2, 0.25) is 0 Å². The Labute approximate surface area is 106 Å². The van der Waals surface area contributed by atoms with E-state index in [1.165, 1.54) is 0 Å². The van der Waals surface area contributed by atoms with Crippen LogP contribution in [0.4, 0.5) is 5.69 Å². The van der Waals surface area contributed by atoms with Crippen molar-refractivity contribution in [2.75, 3.05) is 5.32 Å². The summed E-state index contributed by atoms with van der Waals surface area (Å²) < 4.78 is 5.72. The lowest BCUT2D eigenvalue weighted by molar-refractivity contribution is -0.105. The number of aryl methyl sites for hydroxylation is 2. The number of pyridine rings is 1. The molecule has 1 aromatic carbocycles. The van der Waals surface area contributed by atoms with Gasteiger partial charge in [0.05, 0.1) is 6.20 Å². The first-order valence-electron chi connectivity index (χ1n) is 5.60. The van der Waals surface area contributed by atoms with Crippen molar-refractivity contribution < 1.29 is 9.53 Å². The molecule has 0 saturated carbocycles. The van der Waals surface area contributed by atoms with Crippen molar-refractivity contribution >= 4 is 12.1 Å². The fourth-order valence-electron chi connectivity index (χ4n) is 1.56.